The molecule has 0 radical (unpaired) electrons. The second-order valence-electron chi connectivity index (χ2n) is 5.54. The highest BCUT2D eigenvalue weighted by atomic mass is 19.4. The highest BCUT2D eigenvalue weighted by Gasteiger charge is 2.40. The smallest absolute Gasteiger partial charge is 0.317 e. The Morgan fingerprint density at radius 1 is 1.38 bits per heavy atom. The third kappa shape index (κ3) is 3.65. The lowest BCUT2D eigenvalue weighted by molar-refractivity contribution is -0.137. The Hall–Kier alpha value is -0.250. The van der Waals surface area contributed by atoms with E-state index in [1.54, 1.807) is 7.05 Å². The molecule has 1 fully saturated rings. The molecule has 0 heterocycles. The third-order valence-electron chi connectivity index (χ3n) is 3.94. The molecule has 0 spiro atoms. The molecule has 16 heavy (non-hydrogen) atoms. The summed E-state index contributed by atoms with van der Waals surface area (Å²) in [6.45, 7) is 4.34. The molecule has 1 rings (SSSR count). The zero-order valence-corrected chi connectivity index (χ0v) is 10.3. The monoisotopic (exact) mass is 237 g/mol. The van der Waals surface area contributed by atoms with Gasteiger partial charge in [-0.05, 0) is 37.6 Å². The first kappa shape index (κ1) is 13.8. The molecule has 1 aliphatic rings. The number of alkyl halides is 3. The summed E-state index contributed by atoms with van der Waals surface area (Å²) < 4.78 is 36.6. The Morgan fingerprint density at radius 3 is 2.38 bits per heavy atom. The van der Waals surface area contributed by atoms with Gasteiger partial charge in [0.05, 0.1) is 0 Å². The van der Waals surface area contributed by atoms with Crippen LogP contribution >= 0.6 is 0 Å². The van der Waals surface area contributed by atoms with Crippen molar-refractivity contribution in [1.82, 2.24) is 5.32 Å². The Morgan fingerprint density at radius 2 is 2.00 bits per heavy atom. The molecule has 0 aliphatic heterocycles. The predicted molar refractivity (Wildman–Crippen MR) is 59.3 cm³/mol. The second-order valence-corrected chi connectivity index (χ2v) is 5.54. The zero-order chi connectivity index (χ0) is 12.4. The van der Waals surface area contributed by atoms with Crippen molar-refractivity contribution >= 4 is 0 Å². The van der Waals surface area contributed by atoms with Gasteiger partial charge in [-0.25, -0.2) is 0 Å². The molecule has 1 N–H and O–H groups in total. The van der Waals surface area contributed by atoms with Crippen LogP contribution in [-0.4, -0.2) is 19.3 Å². The first-order chi connectivity index (χ1) is 7.26. The minimum Gasteiger partial charge on any atom is -0.317 e. The van der Waals surface area contributed by atoms with Crippen LogP contribution in [0.1, 0.15) is 46.0 Å². The van der Waals surface area contributed by atoms with Crippen LogP contribution in [0.15, 0.2) is 0 Å². The van der Waals surface area contributed by atoms with E-state index in [0.29, 0.717) is 5.92 Å². The second kappa shape index (κ2) is 4.94. The summed E-state index contributed by atoms with van der Waals surface area (Å²) in [4.78, 5) is 0. The third-order valence-corrected chi connectivity index (χ3v) is 3.94. The van der Waals surface area contributed by atoms with Crippen molar-refractivity contribution in [2.45, 2.75) is 58.2 Å². The van der Waals surface area contributed by atoms with Gasteiger partial charge in [-0.1, -0.05) is 20.3 Å². The van der Waals surface area contributed by atoms with E-state index in [1.165, 1.54) is 0 Å². The van der Waals surface area contributed by atoms with E-state index in [1.807, 2.05) is 0 Å². The van der Waals surface area contributed by atoms with E-state index < -0.39 is 12.6 Å². The lowest BCUT2D eigenvalue weighted by atomic mass is 9.76. The van der Waals surface area contributed by atoms with Gasteiger partial charge < -0.3 is 5.32 Å². The maximum absolute atomic E-state index is 12.2. The molecule has 1 nitrogen and oxygen atoms in total. The molecule has 2 unspecified atom stereocenters. The lowest BCUT2D eigenvalue weighted by Crippen LogP contribution is -2.39. The molecule has 2 atom stereocenters. The maximum atomic E-state index is 12.2. The topological polar surface area (TPSA) is 12.0 Å². The number of rotatable bonds is 4. The largest absolute Gasteiger partial charge is 0.389 e. The van der Waals surface area contributed by atoms with E-state index in [9.17, 15) is 13.2 Å². The van der Waals surface area contributed by atoms with Gasteiger partial charge in [0.2, 0.25) is 0 Å². The van der Waals surface area contributed by atoms with E-state index in [4.69, 9.17) is 0 Å². The summed E-state index contributed by atoms with van der Waals surface area (Å²) in [5.74, 6) is 0.375. The molecule has 0 aromatic rings. The van der Waals surface area contributed by atoms with Crippen molar-refractivity contribution < 1.29 is 13.2 Å². The summed E-state index contributed by atoms with van der Waals surface area (Å²) in [5.41, 5.74) is 0.180. The van der Waals surface area contributed by atoms with Crippen LogP contribution in [0, 0.1) is 11.3 Å². The summed E-state index contributed by atoms with van der Waals surface area (Å²) in [7, 11) is 1.77. The van der Waals surface area contributed by atoms with Crippen LogP contribution < -0.4 is 5.32 Å². The van der Waals surface area contributed by atoms with Gasteiger partial charge in [-0.2, -0.15) is 13.2 Å². The van der Waals surface area contributed by atoms with Crippen LogP contribution in [0.25, 0.3) is 0 Å². The molecular weight excluding hydrogens is 215 g/mol. The average Bonchev–Trinajstić information content (AvgIpc) is 2.46. The van der Waals surface area contributed by atoms with Crippen LogP contribution in [-0.2, 0) is 0 Å². The molecule has 0 saturated heterocycles. The minimum atomic E-state index is -4.03. The van der Waals surface area contributed by atoms with Crippen LogP contribution in [0.2, 0.25) is 0 Å². The average molecular weight is 237 g/mol. The molecule has 96 valence electrons. The van der Waals surface area contributed by atoms with Crippen molar-refractivity contribution in [2.75, 3.05) is 7.05 Å². The van der Waals surface area contributed by atoms with E-state index in [-0.39, 0.29) is 17.9 Å². The summed E-state index contributed by atoms with van der Waals surface area (Å²) in [6.07, 6.45) is -1.18. The Balaban J connectivity index is 2.54. The van der Waals surface area contributed by atoms with Crippen molar-refractivity contribution in [1.29, 1.82) is 0 Å². The molecule has 0 aromatic carbocycles. The summed E-state index contributed by atoms with van der Waals surface area (Å²) in [5, 5.41) is 3.07. The molecule has 0 aromatic heterocycles. The molecule has 1 saturated carbocycles. The number of halogens is 3. The number of hydrogen-bond donors (Lipinski definition) is 1. The fraction of sp³-hybridized carbons (Fsp3) is 1.00. The molecule has 0 bridgehead atoms. The van der Waals surface area contributed by atoms with Crippen LogP contribution in [0.3, 0.4) is 0 Å². The van der Waals surface area contributed by atoms with Gasteiger partial charge >= 0.3 is 6.18 Å². The first-order valence-electron chi connectivity index (χ1n) is 6.00. The van der Waals surface area contributed by atoms with E-state index in [2.05, 4.69) is 19.2 Å². The van der Waals surface area contributed by atoms with Crippen molar-refractivity contribution in [2.24, 2.45) is 11.3 Å². The Bertz CT molecular complexity index is 223. The van der Waals surface area contributed by atoms with Gasteiger partial charge in [-0.15, -0.1) is 0 Å². The minimum absolute atomic E-state index is 0.000810. The predicted octanol–water partition coefficient (Wildman–Crippen LogP) is 3.74. The number of hydrogen-bond acceptors (Lipinski definition) is 1. The Kier molecular flexibility index (Phi) is 4.27. The van der Waals surface area contributed by atoms with Gasteiger partial charge in [0.1, 0.15) is 0 Å². The molecule has 1 aliphatic carbocycles. The molecule has 4 heteroatoms. The van der Waals surface area contributed by atoms with Gasteiger partial charge in [-0.3, -0.25) is 0 Å². The van der Waals surface area contributed by atoms with Crippen LogP contribution in [0.5, 0.6) is 0 Å². The van der Waals surface area contributed by atoms with Gasteiger partial charge in [0, 0.05) is 12.5 Å². The first-order valence-corrected chi connectivity index (χ1v) is 6.00. The number of nitrogens with one attached hydrogen (secondary N) is 1. The molecular formula is C12H22F3N. The fourth-order valence-corrected chi connectivity index (χ4v) is 2.97. The highest BCUT2D eigenvalue weighted by Crippen LogP contribution is 2.45. The SMILES string of the molecule is CNC(CCC(F)(F)F)C1CCCC1(C)C. The van der Waals surface area contributed by atoms with Gasteiger partial charge in [0.15, 0.2) is 0 Å². The Labute approximate surface area is 95.8 Å². The van der Waals surface area contributed by atoms with Crippen LogP contribution in [0.4, 0.5) is 13.2 Å². The highest BCUT2D eigenvalue weighted by molar-refractivity contribution is 4.91. The lowest BCUT2D eigenvalue weighted by Gasteiger charge is -2.34. The van der Waals surface area contributed by atoms with Gasteiger partial charge in [0.25, 0.3) is 0 Å². The van der Waals surface area contributed by atoms with E-state index in [0.717, 1.165) is 19.3 Å². The van der Waals surface area contributed by atoms with Crippen molar-refractivity contribution in [3.05, 3.63) is 0 Å². The van der Waals surface area contributed by atoms with E-state index >= 15 is 0 Å². The van der Waals surface area contributed by atoms with Crippen molar-refractivity contribution in [3.63, 3.8) is 0 Å². The zero-order valence-electron chi connectivity index (χ0n) is 10.3. The fourth-order valence-electron chi connectivity index (χ4n) is 2.97. The quantitative estimate of drug-likeness (QED) is 0.785. The normalized spacial score (nSPS) is 27.0. The summed E-state index contributed by atoms with van der Waals surface area (Å²) >= 11 is 0. The maximum Gasteiger partial charge on any atom is 0.389 e. The molecule has 0 amide bonds. The standard InChI is InChI=1S/C12H22F3N/c1-11(2)7-4-5-9(11)10(16-3)6-8-12(13,14)15/h9-10,16H,4-8H2,1-3H3. The summed E-state index contributed by atoms with van der Waals surface area (Å²) in [6, 6.07) is -0.000810. The van der Waals surface area contributed by atoms with Crippen molar-refractivity contribution in [3.8, 4) is 0 Å².